The molecule has 1 aliphatic rings. The molecule has 3 aromatic rings. The highest BCUT2D eigenvalue weighted by Gasteiger charge is 2.18. The Kier molecular flexibility index (Phi) is 4.89. The van der Waals surface area contributed by atoms with Crippen LogP contribution in [0.2, 0.25) is 0 Å². The number of hydrogen-bond donors (Lipinski definition) is 1. The molecule has 138 valence electrons. The Bertz CT molecular complexity index is 988. The van der Waals surface area contributed by atoms with E-state index in [4.69, 9.17) is 4.74 Å². The number of fused-ring (bicyclic) bond motifs is 1. The van der Waals surface area contributed by atoms with Crippen LogP contribution in [0.5, 0.6) is 11.5 Å². The smallest absolute Gasteiger partial charge is 0.251 e. The number of carbonyl (C=O) groups is 1. The minimum Gasteiger partial charge on any atom is -0.454 e. The van der Waals surface area contributed by atoms with Crippen LogP contribution in [0, 0.1) is 5.82 Å². The van der Waals surface area contributed by atoms with Crippen molar-refractivity contribution >= 4 is 21.8 Å². The Morgan fingerprint density at radius 3 is 2.81 bits per heavy atom. The Morgan fingerprint density at radius 1 is 1.22 bits per heavy atom. The fraction of sp³-hybridized carbons (Fsp3) is 0.211. The van der Waals surface area contributed by atoms with Crippen LogP contribution < -0.4 is 10.1 Å². The van der Waals surface area contributed by atoms with Crippen LogP contribution in [0.25, 0.3) is 0 Å². The van der Waals surface area contributed by atoms with Crippen LogP contribution in [0.1, 0.15) is 28.4 Å². The van der Waals surface area contributed by atoms with E-state index in [1.165, 1.54) is 12.1 Å². The fourth-order valence-electron chi connectivity index (χ4n) is 2.96. The van der Waals surface area contributed by atoms with Gasteiger partial charge in [0.2, 0.25) is 0 Å². The molecule has 0 fully saturated rings. The quantitative estimate of drug-likeness (QED) is 0.667. The van der Waals surface area contributed by atoms with Gasteiger partial charge in [0.15, 0.2) is 17.4 Å². The topological polar surface area (TPSA) is 69.0 Å². The summed E-state index contributed by atoms with van der Waals surface area (Å²) < 4.78 is 22.8. The minimum absolute atomic E-state index is 0.0594. The van der Waals surface area contributed by atoms with Crippen LogP contribution in [-0.4, -0.2) is 20.7 Å². The average Bonchev–Trinajstić information content (AvgIpc) is 3.27. The van der Waals surface area contributed by atoms with Gasteiger partial charge in [0.05, 0.1) is 6.54 Å². The Hall–Kier alpha value is -2.74. The second-order valence-corrected chi connectivity index (χ2v) is 7.09. The van der Waals surface area contributed by atoms with E-state index in [0.29, 0.717) is 11.6 Å². The van der Waals surface area contributed by atoms with Crippen LogP contribution in [0.15, 0.2) is 46.9 Å². The molecule has 0 radical (unpaired) electrons. The van der Waals surface area contributed by atoms with Gasteiger partial charge < -0.3 is 14.6 Å². The van der Waals surface area contributed by atoms with E-state index < -0.39 is 5.82 Å². The predicted molar refractivity (Wildman–Crippen MR) is 100 cm³/mol. The zero-order valence-corrected chi connectivity index (χ0v) is 15.9. The Labute approximate surface area is 163 Å². The first-order valence-corrected chi connectivity index (χ1v) is 9.31. The molecule has 0 spiro atoms. The first-order chi connectivity index (χ1) is 13.1. The lowest BCUT2D eigenvalue weighted by atomic mass is 10.2. The van der Waals surface area contributed by atoms with Gasteiger partial charge in [0.25, 0.3) is 5.91 Å². The molecule has 0 bridgehead atoms. The molecular formula is C19H16BrFN4O2. The summed E-state index contributed by atoms with van der Waals surface area (Å²) in [6.45, 7) is 1.12. The molecule has 8 heteroatoms. The van der Waals surface area contributed by atoms with Gasteiger partial charge >= 0.3 is 0 Å². The molecule has 0 saturated carbocycles. The highest BCUT2D eigenvalue weighted by atomic mass is 79.9. The number of halogens is 2. The van der Waals surface area contributed by atoms with Gasteiger partial charge in [0, 0.05) is 23.0 Å². The van der Waals surface area contributed by atoms with Crippen LogP contribution in [0.4, 0.5) is 4.39 Å². The first-order valence-electron chi connectivity index (χ1n) is 8.52. The molecule has 27 heavy (non-hydrogen) atoms. The van der Waals surface area contributed by atoms with Gasteiger partial charge in [-0.1, -0.05) is 15.9 Å². The molecule has 2 heterocycles. The number of rotatable bonds is 5. The van der Waals surface area contributed by atoms with Crippen molar-refractivity contribution in [2.24, 2.45) is 0 Å². The maximum atomic E-state index is 14.3. The van der Waals surface area contributed by atoms with E-state index in [1.54, 1.807) is 24.3 Å². The minimum atomic E-state index is -0.603. The normalized spacial score (nSPS) is 12.7. The first kappa shape index (κ1) is 17.7. The van der Waals surface area contributed by atoms with Crippen LogP contribution in [-0.2, 0) is 19.5 Å². The summed E-state index contributed by atoms with van der Waals surface area (Å²) in [5.41, 5.74) is 0.219. The molecule has 6 nitrogen and oxygen atoms in total. The molecule has 0 unspecified atom stereocenters. The van der Waals surface area contributed by atoms with Crippen molar-refractivity contribution in [2.45, 2.75) is 25.9 Å². The van der Waals surface area contributed by atoms with Gasteiger partial charge in [-0.3, -0.25) is 4.79 Å². The number of nitrogens with one attached hydrogen (secondary N) is 1. The van der Waals surface area contributed by atoms with Crippen molar-refractivity contribution in [3.05, 3.63) is 70.0 Å². The third kappa shape index (κ3) is 3.85. The summed E-state index contributed by atoms with van der Waals surface area (Å²) in [5, 5.41) is 10.9. The molecule has 2 aromatic carbocycles. The molecule has 4 rings (SSSR count). The van der Waals surface area contributed by atoms with E-state index in [-0.39, 0.29) is 23.8 Å². The lowest BCUT2D eigenvalue weighted by Crippen LogP contribution is -2.24. The SMILES string of the molecule is O=C(NCc1nnc2n1CCC2)c1ccc(Oc2ccc(Br)cc2)c(F)c1. The zero-order valence-electron chi connectivity index (χ0n) is 14.3. The lowest BCUT2D eigenvalue weighted by molar-refractivity contribution is 0.0949. The summed E-state index contributed by atoms with van der Waals surface area (Å²) in [6, 6.07) is 11.2. The highest BCUT2D eigenvalue weighted by Crippen LogP contribution is 2.26. The standard InChI is InChI=1S/C19H16BrFN4O2/c20-13-4-6-14(7-5-13)27-16-8-3-12(10-15(16)21)19(26)22-11-18-24-23-17-2-1-9-25(17)18/h3-8,10H,1-2,9,11H2,(H,22,26). The van der Waals surface area contributed by atoms with Gasteiger partial charge in [-0.2, -0.15) is 0 Å². The zero-order chi connectivity index (χ0) is 18.8. The van der Waals surface area contributed by atoms with Crippen LogP contribution >= 0.6 is 15.9 Å². The summed E-state index contributed by atoms with van der Waals surface area (Å²) in [6.07, 6.45) is 1.95. The molecule has 1 aliphatic heterocycles. The second-order valence-electron chi connectivity index (χ2n) is 6.17. The molecule has 1 aromatic heterocycles. The molecule has 0 saturated heterocycles. The maximum Gasteiger partial charge on any atom is 0.251 e. The summed E-state index contributed by atoms with van der Waals surface area (Å²) >= 11 is 3.33. The second kappa shape index (κ2) is 7.48. The largest absolute Gasteiger partial charge is 0.454 e. The number of carbonyl (C=O) groups excluding carboxylic acids is 1. The van der Waals surface area contributed by atoms with Gasteiger partial charge in [0.1, 0.15) is 11.6 Å². The number of aromatic nitrogens is 3. The lowest BCUT2D eigenvalue weighted by Gasteiger charge is -2.09. The molecular weight excluding hydrogens is 415 g/mol. The number of aryl methyl sites for hydroxylation is 1. The Balaban J connectivity index is 1.41. The molecule has 0 aliphatic carbocycles. The van der Waals surface area contributed by atoms with Crippen molar-refractivity contribution in [3.8, 4) is 11.5 Å². The van der Waals surface area contributed by atoms with E-state index in [2.05, 4.69) is 31.4 Å². The average molecular weight is 431 g/mol. The summed E-state index contributed by atoms with van der Waals surface area (Å²) in [4.78, 5) is 12.3. The number of ether oxygens (including phenoxy) is 1. The molecule has 1 amide bonds. The van der Waals surface area contributed by atoms with E-state index in [0.717, 1.165) is 35.7 Å². The highest BCUT2D eigenvalue weighted by molar-refractivity contribution is 9.10. The van der Waals surface area contributed by atoms with Gasteiger partial charge in [-0.05, 0) is 48.9 Å². The molecule has 0 atom stereocenters. The van der Waals surface area contributed by atoms with Crippen molar-refractivity contribution < 1.29 is 13.9 Å². The number of nitrogens with zero attached hydrogens (tertiary/aromatic N) is 3. The third-order valence-electron chi connectivity index (χ3n) is 4.33. The van der Waals surface area contributed by atoms with Crippen LogP contribution in [0.3, 0.4) is 0 Å². The van der Waals surface area contributed by atoms with Gasteiger partial charge in [-0.25, -0.2) is 4.39 Å². The summed E-state index contributed by atoms with van der Waals surface area (Å²) in [7, 11) is 0. The number of benzene rings is 2. The van der Waals surface area contributed by atoms with Gasteiger partial charge in [-0.15, -0.1) is 10.2 Å². The maximum absolute atomic E-state index is 14.3. The van der Waals surface area contributed by atoms with Crippen molar-refractivity contribution in [2.75, 3.05) is 0 Å². The third-order valence-corrected chi connectivity index (χ3v) is 4.86. The van der Waals surface area contributed by atoms with Crippen molar-refractivity contribution in [1.29, 1.82) is 0 Å². The van der Waals surface area contributed by atoms with Crippen molar-refractivity contribution in [1.82, 2.24) is 20.1 Å². The fourth-order valence-corrected chi connectivity index (χ4v) is 3.22. The molecule has 1 N–H and O–H groups in total. The van der Waals surface area contributed by atoms with E-state index in [1.807, 2.05) is 4.57 Å². The summed E-state index contributed by atoms with van der Waals surface area (Å²) in [5.74, 6) is 1.25. The van der Waals surface area contributed by atoms with E-state index in [9.17, 15) is 9.18 Å². The number of hydrogen-bond acceptors (Lipinski definition) is 4. The monoisotopic (exact) mass is 430 g/mol. The van der Waals surface area contributed by atoms with E-state index >= 15 is 0 Å². The predicted octanol–water partition coefficient (Wildman–Crippen LogP) is 3.85. The van der Waals surface area contributed by atoms with Crippen molar-refractivity contribution in [3.63, 3.8) is 0 Å². The number of amides is 1. The Morgan fingerprint density at radius 2 is 2.04 bits per heavy atom.